The van der Waals surface area contributed by atoms with Crippen LogP contribution in [0.4, 0.5) is 4.39 Å². The normalized spacial score (nSPS) is 13.6. The van der Waals surface area contributed by atoms with E-state index in [0.29, 0.717) is 12.5 Å². The smallest absolute Gasteiger partial charge is 0.139 e. The van der Waals surface area contributed by atoms with E-state index in [0.717, 1.165) is 11.3 Å². The Balaban J connectivity index is 2.55. The molecule has 86 valence electrons. The Morgan fingerprint density at radius 2 is 2.19 bits per heavy atom. The fraction of sp³-hybridized carbons (Fsp3) is 0.417. The van der Waals surface area contributed by atoms with Crippen molar-refractivity contribution in [1.29, 1.82) is 0 Å². The summed E-state index contributed by atoms with van der Waals surface area (Å²) in [4.78, 5) is 4.25. The number of fused-ring (bicyclic) bond motifs is 1. The molecule has 2 heterocycles. The minimum atomic E-state index is -0.258. The van der Waals surface area contributed by atoms with E-state index in [1.165, 1.54) is 12.3 Å². The average molecular weight is 221 g/mol. The Hall–Kier alpha value is -1.42. The SMILES string of the molecule is CC(C)C(CN)c1cnc2ccc(F)cn12. The van der Waals surface area contributed by atoms with E-state index in [1.54, 1.807) is 16.7 Å². The number of aromatic nitrogens is 2. The van der Waals surface area contributed by atoms with Crippen LogP contribution in [0.2, 0.25) is 0 Å². The molecule has 1 unspecified atom stereocenters. The molecule has 0 aliphatic carbocycles. The predicted molar refractivity (Wildman–Crippen MR) is 61.8 cm³/mol. The lowest BCUT2D eigenvalue weighted by Crippen LogP contribution is -2.19. The van der Waals surface area contributed by atoms with Crippen LogP contribution in [0.25, 0.3) is 5.65 Å². The van der Waals surface area contributed by atoms with Crippen LogP contribution in [0.5, 0.6) is 0 Å². The number of halogens is 1. The van der Waals surface area contributed by atoms with Crippen molar-refractivity contribution in [1.82, 2.24) is 9.38 Å². The monoisotopic (exact) mass is 221 g/mol. The van der Waals surface area contributed by atoms with Crippen molar-refractivity contribution in [2.24, 2.45) is 11.7 Å². The van der Waals surface area contributed by atoms with Gasteiger partial charge < -0.3 is 10.1 Å². The zero-order valence-electron chi connectivity index (χ0n) is 9.52. The Morgan fingerprint density at radius 3 is 2.81 bits per heavy atom. The van der Waals surface area contributed by atoms with Gasteiger partial charge in [0.05, 0.1) is 0 Å². The van der Waals surface area contributed by atoms with Crippen LogP contribution in [-0.2, 0) is 0 Å². The minimum Gasteiger partial charge on any atom is -0.330 e. The molecule has 0 aromatic carbocycles. The van der Waals surface area contributed by atoms with Gasteiger partial charge in [-0.25, -0.2) is 9.37 Å². The van der Waals surface area contributed by atoms with E-state index in [4.69, 9.17) is 5.73 Å². The largest absolute Gasteiger partial charge is 0.330 e. The molecule has 16 heavy (non-hydrogen) atoms. The van der Waals surface area contributed by atoms with E-state index in [2.05, 4.69) is 18.8 Å². The number of hydrogen-bond acceptors (Lipinski definition) is 2. The van der Waals surface area contributed by atoms with Gasteiger partial charge in [0.2, 0.25) is 0 Å². The summed E-state index contributed by atoms with van der Waals surface area (Å²) in [6.07, 6.45) is 3.25. The molecule has 0 aliphatic heterocycles. The second-order valence-corrected chi connectivity index (χ2v) is 4.34. The number of rotatable bonds is 3. The molecule has 0 fully saturated rings. The van der Waals surface area contributed by atoms with Crippen molar-refractivity contribution in [2.75, 3.05) is 6.54 Å². The first-order chi connectivity index (χ1) is 7.63. The Bertz CT molecular complexity index is 490. The minimum absolute atomic E-state index is 0.205. The molecule has 0 aliphatic rings. The Labute approximate surface area is 94.1 Å². The van der Waals surface area contributed by atoms with Crippen molar-refractivity contribution in [2.45, 2.75) is 19.8 Å². The summed E-state index contributed by atoms with van der Waals surface area (Å²) >= 11 is 0. The second-order valence-electron chi connectivity index (χ2n) is 4.34. The topological polar surface area (TPSA) is 43.3 Å². The average Bonchev–Trinajstić information content (AvgIpc) is 2.62. The highest BCUT2D eigenvalue weighted by atomic mass is 19.1. The maximum absolute atomic E-state index is 13.2. The number of imidazole rings is 1. The molecule has 0 radical (unpaired) electrons. The summed E-state index contributed by atoms with van der Waals surface area (Å²) in [5, 5.41) is 0. The number of hydrogen-bond donors (Lipinski definition) is 1. The maximum atomic E-state index is 13.2. The standard InChI is InChI=1S/C12H16FN3/c1-8(2)10(5-14)11-6-15-12-4-3-9(13)7-16(11)12/h3-4,6-8,10H,5,14H2,1-2H3. The van der Waals surface area contributed by atoms with Gasteiger partial charge in [-0.2, -0.15) is 0 Å². The van der Waals surface area contributed by atoms with E-state index in [9.17, 15) is 4.39 Å². The van der Waals surface area contributed by atoms with Crippen molar-refractivity contribution in [3.8, 4) is 0 Å². The van der Waals surface area contributed by atoms with E-state index in [1.807, 2.05) is 0 Å². The van der Waals surface area contributed by atoms with Gasteiger partial charge >= 0.3 is 0 Å². The lowest BCUT2D eigenvalue weighted by Gasteiger charge is -2.18. The summed E-state index contributed by atoms with van der Waals surface area (Å²) in [6.45, 7) is 4.76. The van der Waals surface area contributed by atoms with E-state index >= 15 is 0 Å². The predicted octanol–water partition coefficient (Wildman–Crippen LogP) is 2.17. The van der Waals surface area contributed by atoms with Gasteiger partial charge in [0.1, 0.15) is 11.5 Å². The Morgan fingerprint density at radius 1 is 1.44 bits per heavy atom. The van der Waals surface area contributed by atoms with Gasteiger partial charge in [0.15, 0.2) is 0 Å². The molecular weight excluding hydrogens is 205 g/mol. The molecule has 3 nitrogen and oxygen atoms in total. The van der Waals surface area contributed by atoms with Gasteiger partial charge in [-0.1, -0.05) is 13.8 Å². The third kappa shape index (κ3) is 1.80. The van der Waals surface area contributed by atoms with Crippen LogP contribution in [-0.4, -0.2) is 15.9 Å². The van der Waals surface area contributed by atoms with Crippen LogP contribution in [0, 0.1) is 11.7 Å². The second kappa shape index (κ2) is 4.22. The highest BCUT2D eigenvalue weighted by Gasteiger charge is 2.18. The molecule has 4 heteroatoms. The van der Waals surface area contributed by atoms with Crippen LogP contribution >= 0.6 is 0 Å². The molecule has 2 aromatic heterocycles. The van der Waals surface area contributed by atoms with Crippen molar-refractivity contribution in [3.63, 3.8) is 0 Å². The highest BCUT2D eigenvalue weighted by molar-refractivity contribution is 5.41. The molecule has 2 rings (SSSR count). The maximum Gasteiger partial charge on any atom is 0.139 e. The first-order valence-electron chi connectivity index (χ1n) is 5.46. The fourth-order valence-electron chi connectivity index (χ4n) is 1.98. The molecule has 0 spiro atoms. The lowest BCUT2D eigenvalue weighted by molar-refractivity contribution is 0.491. The van der Waals surface area contributed by atoms with Gasteiger partial charge in [-0.15, -0.1) is 0 Å². The fourth-order valence-corrected chi connectivity index (χ4v) is 1.98. The first kappa shape index (κ1) is 11.1. The first-order valence-corrected chi connectivity index (χ1v) is 5.46. The van der Waals surface area contributed by atoms with E-state index < -0.39 is 0 Å². The van der Waals surface area contributed by atoms with Crippen LogP contribution in [0.15, 0.2) is 24.5 Å². The summed E-state index contributed by atoms with van der Waals surface area (Å²) < 4.78 is 15.0. The molecule has 0 amide bonds. The van der Waals surface area contributed by atoms with Gasteiger partial charge in [0, 0.05) is 30.6 Å². The molecule has 2 N–H and O–H groups in total. The van der Waals surface area contributed by atoms with Gasteiger partial charge in [-0.05, 0) is 18.1 Å². The molecule has 1 atom stereocenters. The number of pyridine rings is 1. The molecule has 0 bridgehead atoms. The summed E-state index contributed by atoms with van der Waals surface area (Å²) in [6, 6.07) is 3.09. The highest BCUT2D eigenvalue weighted by Crippen LogP contribution is 2.24. The van der Waals surface area contributed by atoms with Crippen LogP contribution in [0.1, 0.15) is 25.5 Å². The third-order valence-electron chi connectivity index (χ3n) is 2.94. The number of nitrogens with two attached hydrogens (primary N) is 1. The summed E-state index contributed by atoms with van der Waals surface area (Å²) in [5.41, 5.74) is 7.50. The van der Waals surface area contributed by atoms with Crippen molar-refractivity contribution in [3.05, 3.63) is 36.0 Å². The number of nitrogens with zero attached hydrogens (tertiary/aromatic N) is 2. The van der Waals surface area contributed by atoms with Crippen molar-refractivity contribution < 1.29 is 4.39 Å². The zero-order valence-corrected chi connectivity index (χ0v) is 9.52. The molecule has 0 saturated heterocycles. The molecular formula is C12H16FN3. The summed E-state index contributed by atoms with van der Waals surface area (Å²) in [5.74, 6) is 0.358. The van der Waals surface area contributed by atoms with Gasteiger partial charge in [0.25, 0.3) is 0 Å². The van der Waals surface area contributed by atoms with E-state index in [-0.39, 0.29) is 11.7 Å². The lowest BCUT2D eigenvalue weighted by atomic mass is 9.93. The third-order valence-corrected chi connectivity index (χ3v) is 2.94. The van der Waals surface area contributed by atoms with Gasteiger partial charge in [-0.3, -0.25) is 0 Å². The van der Waals surface area contributed by atoms with Crippen molar-refractivity contribution >= 4 is 5.65 Å². The summed E-state index contributed by atoms with van der Waals surface area (Å²) in [7, 11) is 0. The molecule has 0 saturated carbocycles. The van der Waals surface area contributed by atoms with Crippen LogP contribution < -0.4 is 5.73 Å². The Kier molecular flexibility index (Phi) is 2.92. The zero-order chi connectivity index (χ0) is 11.7. The quantitative estimate of drug-likeness (QED) is 0.863. The molecule has 2 aromatic rings. The van der Waals surface area contributed by atoms with Crippen LogP contribution in [0.3, 0.4) is 0 Å².